The number of fused-ring (bicyclic) bond motifs is 3. The predicted molar refractivity (Wildman–Crippen MR) is 275 cm³/mol. The lowest BCUT2D eigenvalue weighted by molar-refractivity contribution is 0.660. The zero-order chi connectivity index (χ0) is 43.7. The SMILES string of the molecule is CC1(C)c2ccccc2-c2ccc(N(c3ccccc3)c3ccccc3-c3ccc(N(c4ccc(-c5ccccc5)cc4)c4ccc(-c5ccccc5)cc4)cc3-c3ccccc3)cc21. The van der Waals surface area contributed by atoms with Crippen LogP contribution < -0.4 is 9.80 Å². The molecule has 0 amide bonds. The molecule has 0 heterocycles. The molecule has 65 heavy (non-hydrogen) atoms. The van der Waals surface area contributed by atoms with E-state index in [9.17, 15) is 0 Å². The largest absolute Gasteiger partial charge is 0.310 e. The number of anilines is 6. The van der Waals surface area contributed by atoms with Gasteiger partial charge in [0, 0.05) is 39.4 Å². The normalized spacial score (nSPS) is 12.3. The van der Waals surface area contributed by atoms with E-state index >= 15 is 0 Å². The molecule has 0 atom stereocenters. The first-order valence-electron chi connectivity index (χ1n) is 22.5. The van der Waals surface area contributed by atoms with Gasteiger partial charge in [-0.2, -0.15) is 0 Å². The van der Waals surface area contributed by atoms with E-state index in [1.165, 1.54) is 44.5 Å². The Labute approximate surface area is 383 Å². The monoisotopic (exact) mass is 832 g/mol. The molecule has 11 rings (SSSR count). The smallest absolute Gasteiger partial charge is 0.0540 e. The van der Waals surface area contributed by atoms with Crippen LogP contribution in [0.1, 0.15) is 25.0 Å². The summed E-state index contributed by atoms with van der Waals surface area (Å²) in [7, 11) is 0. The van der Waals surface area contributed by atoms with Gasteiger partial charge >= 0.3 is 0 Å². The Hall–Kier alpha value is -8.20. The van der Waals surface area contributed by atoms with Crippen LogP contribution in [-0.4, -0.2) is 0 Å². The molecule has 0 aliphatic heterocycles. The van der Waals surface area contributed by atoms with Gasteiger partial charge in [0.05, 0.1) is 5.69 Å². The number of para-hydroxylation sites is 2. The second-order valence-electron chi connectivity index (χ2n) is 17.3. The topological polar surface area (TPSA) is 6.48 Å². The minimum absolute atomic E-state index is 0.129. The highest BCUT2D eigenvalue weighted by Gasteiger charge is 2.36. The van der Waals surface area contributed by atoms with Gasteiger partial charge in [-0.25, -0.2) is 0 Å². The summed E-state index contributed by atoms with van der Waals surface area (Å²) in [6.45, 7) is 4.71. The quantitative estimate of drug-likeness (QED) is 0.135. The standard InChI is InChI=1S/C63H48N2/c1-63(2)60-29-17-15-27-56(60)57-42-40-54(44-61(57)63)65(50-25-13-6-14-26-50)62-30-18-16-28-58(62)55-41-39-53(43-59(55)49-23-11-5-12-24-49)64(51-35-31-47(32-36-51)45-19-7-3-8-20-45)52-37-33-48(34-38-52)46-21-9-4-10-22-46/h3-44H,1-2H3. The second-order valence-corrected chi connectivity index (χ2v) is 17.3. The molecule has 0 radical (unpaired) electrons. The van der Waals surface area contributed by atoms with Gasteiger partial charge in [0.25, 0.3) is 0 Å². The van der Waals surface area contributed by atoms with Crippen molar-refractivity contribution in [1.29, 1.82) is 0 Å². The molecule has 0 aromatic heterocycles. The van der Waals surface area contributed by atoms with Crippen molar-refractivity contribution in [3.63, 3.8) is 0 Å². The molecule has 10 aromatic rings. The van der Waals surface area contributed by atoms with Crippen LogP contribution in [0.3, 0.4) is 0 Å². The Morgan fingerprint density at radius 3 is 1.23 bits per heavy atom. The van der Waals surface area contributed by atoms with Gasteiger partial charge in [0.1, 0.15) is 0 Å². The van der Waals surface area contributed by atoms with Crippen LogP contribution in [0.25, 0.3) is 55.6 Å². The average Bonchev–Trinajstić information content (AvgIpc) is 3.61. The third kappa shape index (κ3) is 7.39. The van der Waals surface area contributed by atoms with Gasteiger partial charge in [0.2, 0.25) is 0 Å². The number of hydrogen-bond donors (Lipinski definition) is 0. The maximum absolute atomic E-state index is 2.44. The highest BCUT2D eigenvalue weighted by molar-refractivity contribution is 5.96. The fraction of sp³-hybridized carbons (Fsp3) is 0.0476. The first-order chi connectivity index (χ1) is 32.0. The molecular weight excluding hydrogens is 785 g/mol. The number of benzene rings is 10. The Kier molecular flexibility index (Phi) is 10.3. The molecule has 0 saturated heterocycles. The van der Waals surface area contributed by atoms with E-state index < -0.39 is 0 Å². The molecule has 0 fully saturated rings. The van der Waals surface area contributed by atoms with Crippen molar-refractivity contribution in [2.45, 2.75) is 19.3 Å². The van der Waals surface area contributed by atoms with Crippen molar-refractivity contribution in [2.24, 2.45) is 0 Å². The summed E-state index contributed by atoms with van der Waals surface area (Å²) < 4.78 is 0. The van der Waals surface area contributed by atoms with Gasteiger partial charge < -0.3 is 9.80 Å². The fourth-order valence-corrected chi connectivity index (χ4v) is 9.81. The molecule has 0 unspecified atom stereocenters. The molecule has 1 aliphatic carbocycles. The summed E-state index contributed by atoms with van der Waals surface area (Å²) in [5, 5.41) is 0. The van der Waals surface area contributed by atoms with Crippen molar-refractivity contribution in [3.05, 3.63) is 266 Å². The maximum atomic E-state index is 2.44. The van der Waals surface area contributed by atoms with Crippen LogP contribution in [0, 0.1) is 0 Å². The lowest BCUT2D eigenvalue weighted by Gasteiger charge is -2.30. The van der Waals surface area contributed by atoms with Crippen LogP contribution in [0.15, 0.2) is 255 Å². The molecule has 310 valence electrons. The molecule has 2 nitrogen and oxygen atoms in total. The maximum Gasteiger partial charge on any atom is 0.0540 e. The molecular formula is C63H48N2. The minimum atomic E-state index is -0.129. The second kappa shape index (κ2) is 16.8. The van der Waals surface area contributed by atoms with Gasteiger partial charge in [-0.15, -0.1) is 0 Å². The number of nitrogens with zero attached hydrogens (tertiary/aromatic N) is 2. The molecule has 0 N–H and O–H groups in total. The highest BCUT2D eigenvalue weighted by Crippen LogP contribution is 2.52. The van der Waals surface area contributed by atoms with E-state index in [1.54, 1.807) is 0 Å². The Bertz CT molecular complexity index is 3170. The van der Waals surface area contributed by atoms with Crippen molar-refractivity contribution in [1.82, 2.24) is 0 Å². The lowest BCUT2D eigenvalue weighted by atomic mass is 9.82. The summed E-state index contributed by atoms with van der Waals surface area (Å²) in [6, 6.07) is 92.5. The summed E-state index contributed by atoms with van der Waals surface area (Å²) in [4.78, 5) is 4.82. The fourth-order valence-electron chi connectivity index (χ4n) is 9.81. The van der Waals surface area contributed by atoms with Gasteiger partial charge in [-0.1, -0.05) is 202 Å². The summed E-state index contributed by atoms with van der Waals surface area (Å²) in [5.74, 6) is 0. The molecule has 2 heteroatoms. The third-order valence-corrected chi connectivity index (χ3v) is 13.1. The zero-order valence-electron chi connectivity index (χ0n) is 36.6. The van der Waals surface area contributed by atoms with Crippen LogP contribution >= 0.6 is 0 Å². The van der Waals surface area contributed by atoms with Gasteiger partial charge in [0.15, 0.2) is 0 Å². The first-order valence-corrected chi connectivity index (χ1v) is 22.5. The predicted octanol–water partition coefficient (Wildman–Crippen LogP) is 17.6. The molecule has 10 aromatic carbocycles. The van der Waals surface area contributed by atoms with Gasteiger partial charge in [-0.3, -0.25) is 0 Å². The summed E-state index contributed by atoms with van der Waals surface area (Å²) in [6.07, 6.45) is 0. The highest BCUT2D eigenvalue weighted by atomic mass is 15.1. The Balaban J connectivity index is 1.07. The molecule has 0 saturated carbocycles. The van der Waals surface area contributed by atoms with Crippen molar-refractivity contribution in [3.8, 4) is 55.6 Å². The molecule has 0 bridgehead atoms. The van der Waals surface area contributed by atoms with Crippen molar-refractivity contribution >= 4 is 34.1 Å². The van der Waals surface area contributed by atoms with E-state index in [1.807, 2.05) is 0 Å². The Morgan fingerprint density at radius 1 is 0.246 bits per heavy atom. The van der Waals surface area contributed by atoms with Crippen LogP contribution in [0.2, 0.25) is 0 Å². The summed E-state index contributed by atoms with van der Waals surface area (Å²) >= 11 is 0. The Morgan fingerprint density at radius 2 is 0.646 bits per heavy atom. The van der Waals surface area contributed by atoms with Crippen LogP contribution in [0.4, 0.5) is 34.1 Å². The number of hydrogen-bond acceptors (Lipinski definition) is 2. The molecule has 0 spiro atoms. The van der Waals surface area contributed by atoms with E-state index in [-0.39, 0.29) is 5.41 Å². The van der Waals surface area contributed by atoms with Crippen LogP contribution in [-0.2, 0) is 5.41 Å². The van der Waals surface area contributed by atoms with Crippen molar-refractivity contribution in [2.75, 3.05) is 9.80 Å². The van der Waals surface area contributed by atoms with Gasteiger partial charge in [-0.05, 0) is 128 Å². The summed E-state index contributed by atoms with van der Waals surface area (Å²) in [5.41, 5.74) is 21.2. The van der Waals surface area contributed by atoms with Crippen molar-refractivity contribution < 1.29 is 0 Å². The third-order valence-electron chi connectivity index (χ3n) is 13.1. The zero-order valence-corrected chi connectivity index (χ0v) is 36.6. The van der Waals surface area contributed by atoms with E-state index in [2.05, 4.69) is 278 Å². The lowest BCUT2D eigenvalue weighted by Crippen LogP contribution is -2.17. The average molecular weight is 833 g/mol. The first kappa shape index (κ1) is 39.6. The van der Waals surface area contributed by atoms with E-state index in [4.69, 9.17) is 0 Å². The van der Waals surface area contributed by atoms with E-state index in [0.29, 0.717) is 0 Å². The van der Waals surface area contributed by atoms with Crippen LogP contribution in [0.5, 0.6) is 0 Å². The number of rotatable bonds is 10. The van der Waals surface area contributed by atoms with E-state index in [0.717, 1.165) is 56.4 Å². The molecule has 1 aliphatic rings. The minimum Gasteiger partial charge on any atom is -0.310 e.